The minimum atomic E-state index is -0.0143. The first-order valence-electron chi connectivity index (χ1n) is 5.62. The Kier molecular flexibility index (Phi) is 2.67. The van der Waals surface area contributed by atoms with Crippen LogP contribution in [-0.2, 0) is 0 Å². The van der Waals surface area contributed by atoms with Crippen LogP contribution in [0.2, 0.25) is 0 Å². The summed E-state index contributed by atoms with van der Waals surface area (Å²) in [5.41, 5.74) is 7.43. The summed E-state index contributed by atoms with van der Waals surface area (Å²) in [4.78, 5) is 1.21. The molecular weight excluding hydrogens is 226 g/mol. The van der Waals surface area contributed by atoms with Crippen LogP contribution in [0.25, 0.3) is 10.8 Å². The van der Waals surface area contributed by atoms with E-state index in [0.717, 1.165) is 0 Å². The Morgan fingerprint density at radius 2 is 1.71 bits per heavy atom. The Balaban J connectivity index is 2.06. The summed E-state index contributed by atoms with van der Waals surface area (Å²) in [6.07, 6.45) is 0. The fourth-order valence-electron chi connectivity index (χ4n) is 2.03. The van der Waals surface area contributed by atoms with Gasteiger partial charge in [0.05, 0.1) is 6.04 Å². The Hall–Kier alpha value is -1.64. The van der Waals surface area contributed by atoms with Crippen molar-refractivity contribution in [3.05, 3.63) is 70.4 Å². The van der Waals surface area contributed by atoms with Gasteiger partial charge in [-0.1, -0.05) is 42.5 Å². The molecule has 17 heavy (non-hydrogen) atoms. The van der Waals surface area contributed by atoms with Crippen molar-refractivity contribution >= 4 is 22.1 Å². The molecule has 3 rings (SSSR count). The van der Waals surface area contributed by atoms with Gasteiger partial charge in [0.25, 0.3) is 0 Å². The van der Waals surface area contributed by atoms with Gasteiger partial charge in [0.15, 0.2) is 0 Å². The first kappa shape index (κ1) is 10.5. The first-order valence-corrected chi connectivity index (χ1v) is 6.50. The molecule has 3 aromatic rings. The topological polar surface area (TPSA) is 26.0 Å². The first-order chi connectivity index (χ1) is 8.34. The Bertz CT molecular complexity index is 628. The molecule has 0 bridgehead atoms. The number of benzene rings is 2. The molecule has 2 aromatic carbocycles. The number of fused-ring (bicyclic) bond motifs is 1. The molecule has 0 aliphatic heterocycles. The Morgan fingerprint density at radius 3 is 2.47 bits per heavy atom. The lowest BCUT2D eigenvalue weighted by Crippen LogP contribution is -2.09. The summed E-state index contributed by atoms with van der Waals surface area (Å²) >= 11 is 1.71. The highest BCUT2D eigenvalue weighted by atomic mass is 32.1. The normalized spacial score (nSPS) is 12.8. The van der Waals surface area contributed by atoms with Crippen molar-refractivity contribution in [3.8, 4) is 0 Å². The molecule has 0 saturated carbocycles. The fraction of sp³-hybridized carbons (Fsp3) is 0.0667. The standard InChI is InChI=1S/C15H13NS/c16-15(14-6-3-9-17-14)13-8-7-11-4-1-2-5-12(11)10-13/h1-10,15H,16H2/t15-/m1/s1. The van der Waals surface area contributed by atoms with Crippen LogP contribution in [0.15, 0.2) is 60.0 Å². The van der Waals surface area contributed by atoms with Gasteiger partial charge in [-0.3, -0.25) is 0 Å². The summed E-state index contributed by atoms with van der Waals surface area (Å²) in [6.45, 7) is 0. The lowest BCUT2D eigenvalue weighted by Gasteiger charge is -2.11. The van der Waals surface area contributed by atoms with Gasteiger partial charge in [-0.2, -0.15) is 0 Å². The van der Waals surface area contributed by atoms with E-state index >= 15 is 0 Å². The maximum absolute atomic E-state index is 6.26. The van der Waals surface area contributed by atoms with Gasteiger partial charge < -0.3 is 5.73 Å². The van der Waals surface area contributed by atoms with E-state index in [9.17, 15) is 0 Å². The van der Waals surface area contributed by atoms with Crippen molar-refractivity contribution in [1.82, 2.24) is 0 Å². The van der Waals surface area contributed by atoms with Gasteiger partial charge >= 0.3 is 0 Å². The molecule has 1 nitrogen and oxygen atoms in total. The molecule has 0 aliphatic carbocycles. The predicted octanol–water partition coefficient (Wildman–Crippen LogP) is 3.95. The zero-order chi connectivity index (χ0) is 11.7. The Morgan fingerprint density at radius 1 is 0.882 bits per heavy atom. The van der Waals surface area contributed by atoms with Crippen LogP contribution in [0.3, 0.4) is 0 Å². The van der Waals surface area contributed by atoms with Crippen LogP contribution >= 0.6 is 11.3 Å². The molecule has 1 aromatic heterocycles. The molecule has 0 unspecified atom stereocenters. The highest BCUT2D eigenvalue weighted by Gasteiger charge is 2.09. The van der Waals surface area contributed by atoms with E-state index in [2.05, 4.69) is 53.9 Å². The van der Waals surface area contributed by atoms with E-state index in [-0.39, 0.29) is 6.04 Å². The molecule has 84 valence electrons. The number of hydrogen-bond donors (Lipinski definition) is 1. The van der Waals surface area contributed by atoms with E-state index in [0.29, 0.717) is 0 Å². The third kappa shape index (κ3) is 1.97. The lowest BCUT2D eigenvalue weighted by molar-refractivity contribution is 0.896. The second-order valence-electron chi connectivity index (χ2n) is 4.10. The molecule has 0 saturated heterocycles. The average Bonchev–Trinajstić information content (AvgIpc) is 2.91. The van der Waals surface area contributed by atoms with Crippen molar-refractivity contribution < 1.29 is 0 Å². The van der Waals surface area contributed by atoms with Gasteiger partial charge in [-0.25, -0.2) is 0 Å². The number of hydrogen-bond acceptors (Lipinski definition) is 2. The molecule has 0 aliphatic rings. The molecule has 2 heteroatoms. The van der Waals surface area contributed by atoms with E-state index < -0.39 is 0 Å². The number of nitrogens with two attached hydrogens (primary N) is 1. The summed E-state index contributed by atoms with van der Waals surface area (Å²) in [7, 11) is 0. The predicted molar refractivity (Wildman–Crippen MR) is 74.3 cm³/mol. The monoisotopic (exact) mass is 239 g/mol. The van der Waals surface area contributed by atoms with Gasteiger partial charge in [0, 0.05) is 4.88 Å². The second kappa shape index (κ2) is 4.32. The zero-order valence-electron chi connectivity index (χ0n) is 9.34. The van der Waals surface area contributed by atoms with E-state index in [1.807, 2.05) is 6.07 Å². The van der Waals surface area contributed by atoms with Crippen LogP contribution in [0, 0.1) is 0 Å². The van der Waals surface area contributed by atoms with Crippen molar-refractivity contribution in [3.63, 3.8) is 0 Å². The van der Waals surface area contributed by atoms with Gasteiger partial charge in [-0.05, 0) is 33.8 Å². The maximum atomic E-state index is 6.26. The highest BCUT2D eigenvalue weighted by molar-refractivity contribution is 7.10. The van der Waals surface area contributed by atoms with Gasteiger partial charge in [0.2, 0.25) is 0 Å². The zero-order valence-corrected chi connectivity index (χ0v) is 10.2. The smallest absolute Gasteiger partial charge is 0.0646 e. The van der Waals surface area contributed by atoms with Crippen LogP contribution in [0.5, 0.6) is 0 Å². The summed E-state index contributed by atoms with van der Waals surface area (Å²) in [5.74, 6) is 0. The molecule has 0 fully saturated rings. The quantitative estimate of drug-likeness (QED) is 0.720. The minimum absolute atomic E-state index is 0.0143. The molecule has 2 N–H and O–H groups in total. The van der Waals surface area contributed by atoms with E-state index in [4.69, 9.17) is 5.73 Å². The summed E-state index contributed by atoms with van der Waals surface area (Å²) < 4.78 is 0. The molecule has 0 amide bonds. The average molecular weight is 239 g/mol. The third-order valence-corrected chi connectivity index (χ3v) is 3.94. The van der Waals surface area contributed by atoms with Crippen LogP contribution < -0.4 is 5.73 Å². The minimum Gasteiger partial charge on any atom is -0.320 e. The van der Waals surface area contributed by atoms with Crippen molar-refractivity contribution in [2.45, 2.75) is 6.04 Å². The van der Waals surface area contributed by atoms with Crippen molar-refractivity contribution in [1.29, 1.82) is 0 Å². The summed E-state index contributed by atoms with van der Waals surface area (Å²) in [6, 6.07) is 18.9. The fourth-order valence-corrected chi connectivity index (χ4v) is 2.79. The second-order valence-corrected chi connectivity index (χ2v) is 5.08. The molecule has 1 atom stereocenters. The number of thiophene rings is 1. The van der Waals surface area contributed by atoms with Gasteiger partial charge in [-0.15, -0.1) is 11.3 Å². The molecule has 0 radical (unpaired) electrons. The SMILES string of the molecule is N[C@H](c1ccc2ccccc2c1)c1cccs1. The van der Waals surface area contributed by atoms with Crippen molar-refractivity contribution in [2.75, 3.05) is 0 Å². The largest absolute Gasteiger partial charge is 0.320 e. The van der Waals surface area contributed by atoms with Crippen LogP contribution in [0.4, 0.5) is 0 Å². The molecular formula is C15H13NS. The van der Waals surface area contributed by atoms with E-state index in [1.54, 1.807) is 11.3 Å². The number of rotatable bonds is 2. The van der Waals surface area contributed by atoms with Gasteiger partial charge in [0.1, 0.15) is 0 Å². The molecule has 0 spiro atoms. The maximum Gasteiger partial charge on any atom is 0.0646 e. The van der Waals surface area contributed by atoms with Crippen molar-refractivity contribution in [2.24, 2.45) is 5.73 Å². The molecule has 1 heterocycles. The lowest BCUT2D eigenvalue weighted by atomic mass is 10.0. The third-order valence-electron chi connectivity index (χ3n) is 2.98. The highest BCUT2D eigenvalue weighted by Crippen LogP contribution is 2.26. The van der Waals surface area contributed by atoms with Crippen LogP contribution in [0.1, 0.15) is 16.5 Å². The Labute approximate surface area is 105 Å². The summed E-state index contributed by atoms with van der Waals surface area (Å²) in [5, 5.41) is 4.57. The van der Waals surface area contributed by atoms with Crippen LogP contribution in [-0.4, -0.2) is 0 Å². The van der Waals surface area contributed by atoms with E-state index in [1.165, 1.54) is 21.2 Å².